The lowest BCUT2D eigenvalue weighted by atomic mass is 10.0. The van der Waals surface area contributed by atoms with Crippen LogP contribution in [0.5, 0.6) is 0 Å². The van der Waals surface area contributed by atoms with Crippen molar-refractivity contribution in [3.05, 3.63) is 16.6 Å². The summed E-state index contributed by atoms with van der Waals surface area (Å²) in [6.07, 6.45) is 1.77. The van der Waals surface area contributed by atoms with Gasteiger partial charge < -0.3 is 10.2 Å². The van der Waals surface area contributed by atoms with Crippen LogP contribution in [0, 0.1) is 5.92 Å². The molecule has 1 aromatic heterocycles. The number of carbonyl (C=O) groups is 1. The van der Waals surface area contributed by atoms with Crippen LogP contribution in [0.3, 0.4) is 0 Å². The van der Waals surface area contributed by atoms with E-state index in [0.29, 0.717) is 6.54 Å². The maximum atomic E-state index is 11.7. The fourth-order valence-corrected chi connectivity index (χ4v) is 2.06. The Morgan fingerprint density at radius 1 is 1.73 bits per heavy atom. The minimum atomic E-state index is 0. The minimum Gasteiger partial charge on any atom is -0.339 e. The highest BCUT2D eigenvalue weighted by Gasteiger charge is 2.27. The van der Waals surface area contributed by atoms with Crippen molar-refractivity contribution in [2.75, 3.05) is 20.1 Å². The molecule has 4 nitrogen and oxygen atoms in total. The largest absolute Gasteiger partial charge is 0.339 e. The van der Waals surface area contributed by atoms with Crippen LogP contribution in [0.2, 0.25) is 0 Å². The lowest BCUT2D eigenvalue weighted by molar-refractivity contribution is -0.136. The van der Waals surface area contributed by atoms with Crippen LogP contribution in [0.25, 0.3) is 0 Å². The minimum absolute atomic E-state index is 0. The summed E-state index contributed by atoms with van der Waals surface area (Å²) in [5, 5.41) is 6.02. The van der Waals surface area contributed by atoms with Crippen LogP contribution < -0.4 is 5.32 Å². The van der Waals surface area contributed by atoms with Gasteiger partial charge in [0.05, 0.1) is 12.5 Å². The summed E-state index contributed by atoms with van der Waals surface area (Å²) in [5.74, 6) is 0.402. The molecule has 0 radical (unpaired) electrons. The number of thiazole rings is 1. The van der Waals surface area contributed by atoms with E-state index in [2.05, 4.69) is 10.3 Å². The third-order valence-electron chi connectivity index (χ3n) is 2.36. The molecule has 0 unspecified atom stereocenters. The van der Waals surface area contributed by atoms with E-state index < -0.39 is 0 Å². The van der Waals surface area contributed by atoms with E-state index in [-0.39, 0.29) is 24.2 Å². The molecule has 2 heterocycles. The monoisotopic (exact) mass is 247 g/mol. The van der Waals surface area contributed by atoms with Gasteiger partial charge in [0.15, 0.2) is 0 Å². The van der Waals surface area contributed by atoms with E-state index in [0.717, 1.165) is 18.1 Å². The number of aromatic nitrogens is 1. The molecule has 1 aliphatic heterocycles. The normalized spacial score (nSPS) is 15.3. The molecule has 0 aromatic carbocycles. The van der Waals surface area contributed by atoms with Gasteiger partial charge in [0.2, 0.25) is 5.91 Å². The number of halogens is 1. The first-order valence-electron chi connectivity index (χ1n) is 4.61. The summed E-state index contributed by atoms with van der Waals surface area (Å²) in [6, 6.07) is 0. The Morgan fingerprint density at radius 3 is 2.93 bits per heavy atom. The van der Waals surface area contributed by atoms with Crippen molar-refractivity contribution < 1.29 is 4.79 Å². The second kappa shape index (κ2) is 5.44. The van der Waals surface area contributed by atoms with Gasteiger partial charge >= 0.3 is 0 Å². The smallest absolute Gasteiger partial charge is 0.228 e. The van der Waals surface area contributed by atoms with Gasteiger partial charge in [-0.05, 0) is 0 Å². The third-order valence-corrected chi connectivity index (χ3v) is 3.13. The Morgan fingerprint density at radius 2 is 2.47 bits per heavy atom. The van der Waals surface area contributed by atoms with Crippen molar-refractivity contribution in [1.82, 2.24) is 15.2 Å². The van der Waals surface area contributed by atoms with E-state index in [1.165, 1.54) is 0 Å². The predicted octanol–water partition coefficient (Wildman–Crippen LogP) is 0.743. The molecule has 1 saturated heterocycles. The number of amides is 1. The predicted molar refractivity (Wildman–Crippen MR) is 62.2 cm³/mol. The van der Waals surface area contributed by atoms with Crippen LogP contribution in [-0.4, -0.2) is 35.9 Å². The number of nitrogens with one attached hydrogen (secondary N) is 1. The first-order valence-corrected chi connectivity index (χ1v) is 5.49. The van der Waals surface area contributed by atoms with Crippen molar-refractivity contribution in [2.24, 2.45) is 5.92 Å². The SMILES string of the molecule is CN(Cc1nccs1)C(=O)C1CNC1.Cl. The Hall–Kier alpha value is -0.650. The van der Waals surface area contributed by atoms with E-state index in [1.807, 2.05) is 12.4 Å². The molecule has 0 atom stereocenters. The van der Waals surface area contributed by atoms with Crippen molar-refractivity contribution in [1.29, 1.82) is 0 Å². The lowest BCUT2D eigenvalue weighted by Crippen LogP contribution is -2.50. The van der Waals surface area contributed by atoms with Gasteiger partial charge in [-0.2, -0.15) is 0 Å². The topological polar surface area (TPSA) is 45.2 Å². The van der Waals surface area contributed by atoms with Gasteiger partial charge in [-0.25, -0.2) is 4.98 Å². The number of carbonyl (C=O) groups excluding carboxylic acids is 1. The van der Waals surface area contributed by atoms with E-state index >= 15 is 0 Å². The highest BCUT2D eigenvalue weighted by Crippen LogP contribution is 2.11. The summed E-state index contributed by atoms with van der Waals surface area (Å²) >= 11 is 1.59. The highest BCUT2D eigenvalue weighted by atomic mass is 35.5. The molecule has 1 aliphatic rings. The van der Waals surface area contributed by atoms with Crippen LogP contribution in [0.4, 0.5) is 0 Å². The zero-order chi connectivity index (χ0) is 9.97. The standard InChI is InChI=1S/C9H13N3OS.ClH/c1-12(6-8-11-2-3-14-8)9(13)7-4-10-5-7;/h2-3,7,10H,4-6H2,1H3;1H. The summed E-state index contributed by atoms with van der Waals surface area (Å²) in [5.41, 5.74) is 0. The van der Waals surface area contributed by atoms with Gasteiger partial charge in [0.25, 0.3) is 0 Å². The average molecular weight is 248 g/mol. The highest BCUT2D eigenvalue weighted by molar-refractivity contribution is 7.09. The Kier molecular flexibility index (Phi) is 4.50. The third kappa shape index (κ3) is 2.90. The van der Waals surface area contributed by atoms with Crippen molar-refractivity contribution in [2.45, 2.75) is 6.54 Å². The molecule has 6 heteroatoms. The molecular weight excluding hydrogens is 234 g/mol. The first-order chi connectivity index (χ1) is 6.77. The first kappa shape index (κ1) is 12.4. The summed E-state index contributed by atoms with van der Waals surface area (Å²) < 4.78 is 0. The molecule has 1 fully saturated rings. The molecule has 2 rings (SSSR count). The second-order valence-corrected chi connectivity index (χ2v) is 4.45. The number of rotatable bonds is 3. The Bertz CT molecular complexity index is 313. The average Bonchev–Trinajstić information content (AvgIpc) is 2.53. The number of hydrogen-bond donors (Lipinski definition) is 1. The molecule has 1 amide bonds. The molecule has 15 heavy (non-hydrogen) atoms. The van der Waals surface area contributed by atoms with E-state index in [9.17, 15) is 4.79 Å². The van der Waals surface area contributed by atoms with Crippen LogP contribution in [0.1, 0.15) is 5.01 Å². The zero-order valence-electron chi connectivity index (χ0n) is 8.47. The quantitative estimate of drug-likeness (QED) is 0.857. The van der Waals surface area contributed by atoms with Gasteiger partial charge in [0, 0.05) is 31.7 Å². The number of nitrogens with zero attached hydrogens (tertiary/aromatic N) is 2. The Labute approximate surface area is 99.1 Å². The maximum Gasteiger partial charge on any atom is 0.228 e. The molecule has 1 aromatic rings. The summed E-state index contributed by atoms with van der Waals surface area (Å²) in [6.45, 7) is 2.27. The second-order valence-electron chi connectivity index (χ2n) is 3.48. The van der Waals surface area contributed by atoms with E-state index in [4.69, 9.17) is 0 Å². The zero-order valence-corrected chi connectivity index (χ0v) is 10.1. The fourth-order valence-electron chi connectivity index (χ4n) is 1.39. The van der Waals surface area contributed by atoms with Gasteiger partial charge in [-0.1, -0.05) is 0 Å². The maximum absolute atomic E-state index is 11.7. The molecule has 84 valence electrons. The van der Waals surface area contributed by atoms with Gasteiger partial charge in [-0.15, -0.1) is 23.7 Å². The summed E-state index contributed by atoms with van der Waals surface area (Å²) in [4.78, 5) is 17.6. The molecule has 0 aliphatic carbocycles. The van der Waals surface area contributed by atoms with Gasteiger partial charge in [0.1, 0.15) is 5.01 Å². The molecule has 0 spiro atoms. The van der Waals surface area contributed by atoms with Crippen LogP contribution in [-0.2, 0) is 11.3 Å². The fraction of sp³-hybridized carbons (Fsp3) is 0.556. The molecular formula is C9H14ClN3OS. The van der Waals surface area contributed by atoms with Crippen LogP contribution in [0.15, 0.2) is 11.6 Å². The van der Waals surface area contributed by atoms with Crippen molar-refractivity contribution in [3.63, 3.8) is 0 Å². The van der Waals surface area contributed by atoms with Crippen LogP contribution >= 0.6 is 23.7 Å². The molecule has 0 bridgehead atoms. The van der Waals surface area contributed by atoms with E-state index in [1.54, 1.807) is 22.4 Å². The lowest BCUT2D eigenvalue weighted by Gasteiger charge is -2.29. The van der Waals surface area contributed by atoms with Crippen molar-refractivity contribution in [3.8, 4) is 0 Å². The summed E-state index contributed by atoms with van der Waals surface area (Å²) in [7, 11) is 1.84. The Balaban J connectivity index is 0.00000112. The van der Waals surface area contributed by atoms with Gasteiger partial charge in [-0.3, -0.25) is 4.79 Å². The number of hydrogen-bond acceptors (Lipinski definition) is 4. The van der Waals surface area contributed by atoms with Crippen molar-refractivity contribution >= 4 is 29.7 Å². The molecule has 1 N–H and O–H groups in total. The molecule has 0 saturated carbocycles.